The summed E-state index contributed by atoms with van der Waals surface area (Å²) >= 11 is 5.61. The van der Waals surface area contributed by atoms with E-state index in [1.807, 2.05) is 0 Å². The van der Waals surface area contributed by atoms with E-state index in [1.54, 1.807) is 18.0 Å². The number of carboxylic acids is 1. The SMILES string of the molecule is CN1CN=C(C(=O)O)C=C1c1ccc(Cl)c(F)c1. The van der Waals surface area contributed by atoms with E-state index in [0.29, 0.717) is 11.3 Å². The number of hydrogen-bond donors (Lipinski definition) is 1. The lowest BCUT2D eigenvalue weighted by Crippen LogP contribution is -2.26. The summed E-state index contributed by atoms with van der Waals surface area (Å²) in [7, 11) is 1.75. The lowest BCUT2D eigenvalue weighted by Gasteiger charge is -2.24. The maximum Gasteiger partial charge on any atom is 0.354 e. The lowest BCUT2D eigenvalue weighted by molar-refractivity contribution is -0.129. The van der Waals surface area contributed by atoms with Crippen LogP contribution in [-0.4, -0.2) is 35.4 Å². The Morgan fingerprint density at radius 2 is 2.28 bits per heavy atom. The average Bonchev–Trinajstić information content (AvgIpc) is 2.33. The largest absolute Gasteiger partial charge is 0.477 e. The summed E-state index contributed by atoms with van der Waals surface area (Å²) < 4.78 is 13.4. The molecule has 94 valence electrons. The number of aliphatic carboxylic acids is 1. The molecule has 0 spiro atoms. The van der Waals surface area contributed by atoms with E-state index in [0.717, 1.165) is 0 Å². The molecule has 18 heavy (non-hydrogen) atoms. The van der Waals surface area contributed by atoms with Crippen molar-refractivity contribution in [2.75, 3.05) is 13.7 Å². The molecular weight excluding hydrogens is 259 g/mol. The van der Waals surface area contributed by atoms with E-state index in [4.69, 9.17) is 16.7 Å². The second-order valence-electron chi connectivity index (χ2n) is 3.85. The first kappa shape index (κ1) is 12.6. The van der Waals surface area contributed by atoms with Crippen molar-refractivity contribution in [2.24, 2.45) is 4.99 Å². The quantitative estimate of drug-likeness (QED) is 0.895. The zero-order valence-corrected chi connectivity index (χ0v) is 10.3. The van der Waals surface area contributed by atoms with Crippen LogP contribution in [0.1, 0.15) is 5.56 Å². The summed E-state index contributed by atoms with van der Waals surface area (Å²) in [5.74, 6) is -1.64. The predicted molar refractivity (Wildman–Crippen MR) is 67.1 cm³/mol. The first-order valence-electron chi connectivity index (χ1n) is 5.15. The second kappa shape index (κ2) is 4.78. The van der Waals surface area contributed by atoms with Gasteiger partial charge in [-0.25, -0.2) is 9.18 Å². The van der Waals surface area contributed by atoms with Gasteiger partial charge in [-0.3, -0.25) is 4.99 Å². The maximum atomic E-state index is 13.4. The Balaban J connectivity index is 2.44. The van der Waals surface area contributed by atoms with E-state index < -0.39 is 11.8 Å². The zero-order chi connectivity index (χ0) is 13.3. The minimum Gasteiger partial charge on any atom is -0.477 e. The van der Waals surface area contributed by atoms with Gasteiger partial charge in [-0.05, 0) is 18.2 Å². The number of hydrogen-bond acceptors (Lipinski definition) is 3. The van der Waals surface area contributed by atoms with Gasteiger partial charge >= 0.3 is 5.97 Å². The van der Waals surface area contributed by atoms with E-state index in [-0.39, 0.29) is 17.4 Å². The van der Waals surface area contributed by atoms with Gasteiger partial charge in [-0.15, -0.1) is 0 Å². The fourth-order valence-electron chi connectivity index (χ4n) is 1.63. The van der Waals surface area contributed by atoms with Gasteiger partial charge in [0, 0.05) is 18.3 Å². The molecule has 1 aromatic carbocycles. The Morgan fingerprint density at radius 1 is 1.56 bits per heavy atom. The van der Waals surface area contributed by atoms with Gasteiger partial charge in [-0.1, -0.05) is 17.7 Å². The first-order chi connectivity index (χ1) is 8.49. The third-order valence-corrected chi connectivity index (χ3v) is 2.88. The molecule has 0 radical (unpaired) electrons. The van der Waals surface area contributed by atoms with Crippen LogP contribution < -0.4 is 0 Å². The summed E-state index contributed by atoms with van der Waals surface area (Å²) in [5, 5.41) is 8.93. The van der Waals surface area contributed by atoms with E-state index in [1.165, 1.54) is 18.2 Å². The molecule has 0 amide bonds. The first-order valence-corrected chi connectivity index (χ1v) is 5.53. The van der Waals surface area contributed by atoms with E-state index in [2.05, 4.69) is 4.99 Å². The van der Waals surface area contributed by atoms with Crippen LogP contribution in [0.15, 0.2) is 29.3 Å². The Bertz CT molecular complexity index is 569. The molecule has 1 heterocycles. The maximum absolute atomic E-state index is 13.4. The average molecular weight is 269 g/mol. The molecule has 0 unspecified atom stereocenters. The van der Waals surface area contributed by atoms with Gasteiger partial charge in [0.05, 0.1) is 5.02 Å². The van der Waals surface area contributed by atoms with Crippen molar-refractivity contribution in [2.45, 2.75) is 0 Å². The Morgan fingerprint density at radius 3 is 2.89 bits per heavy atom. The molecule has 1 aromatic rings. The molecule has 0 aliphatic carbocycles. The van der Waals surface area contributed by atoms with Gasteiger partial charge in [0.1, 0.15) is 18.2 Å². The number of benzene rings is 1. The van der Waals surface area contributed by atoms with Crippen LogP contribution in [0.5, 0.6) is 0 Å². The highest BCUT2D eigenvalue weighted by Crippen LogP contribution is 2.24. The van der Waals surface area contributed by atoms with Crippen LogP contribution in [0.2, 0.25) is 5.02 Å². The van der Waals surface area contributed by atoms with Crippen molar-refractivity contribution in [1.82, 2.24) is 4.90 Å². The van der Waals surface area contributed by atoms with Gasteiger partial charge in [0.15, 0.2) is 0 Å². The fourth-order valence-corrected chi connectivity index (χ4v) is 1.75. The summed E-state index contributed by atoms with van der Waals surface area (Å²) in [6, 6.07) is 4.35. The topological polar surface area (TPSA) is 52.9 Å². The van der Waals surface area contributed by atoms with Crippen LogP contribution in [0.3, 0.4) is 0 Å². The highest BCUT2D eigenvalue weighted by atomic mass is 35.5. The van der Waals surface area contributed by atoms with Crippen LogP contribution in [0.4, 0.5) is 4.39 Å². The van der Waals surface area contributed by atoms with Crippen LogP contribution >= 0.6 is 11.6 Å². The number of nitrogens with zero attached hydrogens (tertiary/aromatic N) is 2. The third kappa shape index (κ3) is 2.36. The van der Waals surface area contributed by atoms with Crippen molar-refractivity contribution < 1.29 is 14.3 Å². The molecule has 0 aromatic heterocycles. The smallest absolute Gasteiger partial charge is 0.354 e. The number of carbonyl (C=O) groups is 1. The van der Waals surface area contributed by atoms with Crippen LogP contribution in [0, 0.1) is 5.82 Å². The summed E-state index contributed by atoms with van der Waals surface area (Å²) in [6.07, 6.45) is 1.41. The molecule has 4 nitrogen and oxygen atoms in total. The molecule has 1 N–H and O–H groups in total. The van der Waals surface area contributed by atoms with Crippen molar-refractivity contribution in [3.05, 3.63) is 40.7 Å². The van der Waals surface area contributed by atoms with Crippen molar-refractivity contribution in [3.63, 3.8) is 0 Å². The normalized spacial score (nSPS) is 15.2. The van der Waals surface area contributed by atoms with Crippen LogP contribution in [-0.2, 0) is 4.79 Å². The minimum absolute atomic E-state index is 0.0323. The lowest BCUT2D eigenvalue weighted by atomic mass is 10.1. The summed E-state index contributed by atoms with van der Waals surface area (Å²) in [4.78, 5) is 16.5. The molecule has 0 saturated heterocycles. The molecule has 1 aliphatic rings. The standard InChI is InChI=1S/C12H10ClFN2O2/c1-16-6-15-10(12(17)18)5-11(16)7-2-3-8(13)9(14)4-7/h2-5H,6H2,1H3,(H,17,18). The Labute approximate surface area is 108 Å². The van der Waals surface area contributed by atoms with Crippen molar-refractivity contribution in [1.29, 1.82) is 0 Å². The van der Waals surface area contributed by atoms with Crippen molar-refractivity contribution >= 4 is 29.0 Å². The van der Waals surface area contributed by atoms with Crippen molar-refractivity contribution in [3.8, 4) is 0 Å². The van der Waals surface area contributed by atoms with Gasteiger partial charge in [-0.2, -0.15) is 0 Å². The fraction of sp³-hybridized carbons (Fsp3) is 0.167. The third-order valence-electron chi connectivity index (χ3n) is 2.57. The van der Waals surface area contributed by atoms with Gasteiger partial charge in [0.2, 0.25) is 0 Å². The highest BCUT2D eigenvalue weighted by molar-refractivity contribution is 6.41. The summed E-state index contributed by atoms with van der Waals surface area (Å²) in [6.45, 7) is 0.220. The monoisotopic (exact) mass is 268 g/mol. The molecular formula is C12H10ClFN2O2. The number of halogens is 2. The minimum atomic E-state index is -1.10. The molecule has 0 saturated carbocycles. The highest BCUT2D eigenvalue weighted by Gasteiger charge is 2.18. The summed E-state index contributed by atoms with van der Waals surface area (Å²) in [5.41, 5.74) is 1.12. The number of carboxylic acid groups (broad SMARTS) is 1. The molecule has 6 heteroatoms. The van der Waals surface area contributed by atoms with E-state index in [9.17, 15) is 9.18 Å². The molecule has 1 aliphatic heterocycles. The number of aliphatic imine (C=N–C) groups is 1. The molecule has 2 rings (SSSR count). The second-order valence-corrected chi connectivity index (χ2v) is 4.25. The van der Waals surface area contributed by atoms with E-state index >= 15 is 0 Å². The molecule has 0 atom stereocenters. The molecule has 0 bridgehead atoms. The number of rotatable bonds is 2. The molecule has 0 fully saturated rings. The Kier molecular flexibility index (Phi) is 3.34. The Hall–Kier alpha value is -1.88. The van der Waals surface area contributed by atoms with Gasteiger partial charge < -0.3 is 10.0 Å². The zero-order valence-electron chi connectivity index (χ0n) is 9.52. The predicted octanol–water partition coefficient (Wildman–Crippen LogP) is 2.25. The van der Waals surface area contributed by atoms with Gasteiger partial charge in [0.25, 0.3) is 0 Å². The van der Waals surface area contributed by atoms with Crippen LogP contribution in [0.25, 0.3) is 5.70 Å².